The minimum absolute atomic E-state index is 0.0909. The maximum atomic E-state index is 13.5. The molecule has 6 nitrogen and oxygen atoms in total. The van der Waals surface area contributed by atoms with Gasteiger partial charge in [-0.05, 0) is 41.8 Å². The van der Waals surface area contributed by atoms with E-state index in [-0.39, 0.29) is 23.5 Å². The van der Waals surface area contributed by atoms with E-state index in [9.17, 15) is 18.0 Å². The largest absolute Gasteiger partial charge is 0.468 e. The lowest BCUT2D eigenvalue weighted by Crippen LogP contribution is -2.33. The maximum absolute atomic E-state index is 13.5. The van der Waals surface area contributed by atoms with Gasteiger partial charge in [0, 0.05) is 6.42 Å². The number of esters is 1. The molecule has 3 aromatic rings. The van der Waals surface area contributed by atoms with E-state index in [1.54, 1.807) is 30.5 Å². The van der Waals surface area contributed by atoms with Crippen molar-refractivity contribution in [1.29, 1.82) is 0 Å². The van der Waals surface area contributed by atoms with Gasteiger partial charge in [-0.2, -0.15) is 13.2 Å². The van der Waals surface area contributed by atoms with Crippen LogP contribution in [0.25, 0.3) is 0 Å². The number of hydrogen-bond donors (Lipinski definition) is 1. The molecular formula is C21H19F3N2O4. The minimum Gasteiger partial charge on any atom is -0.468 e. The van der Waals surface area contributed by atoms with Crippen molar-refractivity contribution in [2.45, 2.75) is 25.1 Å². The zero-order valence-electron chi connectivity index (χ0n) is 16.0. The standard InChI is InChI=1S/C21H19F3N2O4/c1-28-20(27)18(25)10-14-4-7-19(17(9-14)21(22,23)24)30-15-5-2-13(3-6-15)8-16-11-26-12-29-16/h2-7,9,11-12,18H,8,10,25H2,1H3. The molecule has 30 heavy (non-hydrogen) atoms. The van der Waals surface area contributed by atoms with Gasteiger partial charge < -0.3 is 19.6 Å². The fourth-order valence-electron chi connectivity index (χ4n) is 2.84. The third kappa shape index (κ3) is 5.38. The van der Waals surface area contributed by atoms with Gasteiger partial charge in [0.25, 0.3) is 0 Å². The summed E-state index contributed by atoms with van der Waals surface area (Å²) in [4.78, 5) is 15.3. The summed E-state index contributed by atoms with van der Waals surface area (Å²) in [6.45, 7) is 0. The number of hydrogen-bond acceptors (Lipinski definition) is 6. The van der Waals surface area contributed by atoms with Gasteiger partial charge in [0.2, 0.25) is 0 Å². The number of methoxy groups -OCH3 is 1. The van der Waals surface area contributed by atoms with E-state index in [0.717, 1.165) is 18.7 Å². The summed E-state index contributed by atoms with van der Waals surface area (Å²) in [6, 6.07) is 9.13. The summed E-state index contributed by atoms with van der Waals surface area (Å²) >= 11 is 0. The Balaban J connectivity index is 1.78. The smallest absolute Gasteiger partial charge is 0.419 e. The summed E-state index contributed by atoms with van der Waals surface area (Å²) in [5, 5.41) is 0. The van der Waals surface area contributed by atoms with Gasteiger partial charge in [-0.1, -0.05) is 18.2 Å². The Labute approximate surface area is 170 Å². The fraction of sp³-hybridized carbons (Fsp3) is 0.238. The van der Waals surface area contributed by atoms with Gasteiger partial charge in [-0.3, -0.25) is 4.79 Å². The summed E-state index contributed by atoms with van der Waals surface area (Å²) in [6.07, 6.45) is -1.32. The Morgan fingerprint density at radius 2 is 1.87 bits per heavy atom. The lowest BCUT2D eigenvalue weighted by molar-refractivity contribution is -0.142. The molecule has 1 unspecified atom stereocenters. The average molecular weight is 420 g/mol. The second-order valence-electron chi connectivity index (χ2n) is 6.55. The monoisotopic (exact) mass is 420 g/mol. The number of benzene rings is 2. The molecule has 1 aromatic heterocycles. The van der Waals surface area contributed by atoms with Crippen LogP contribution < -0.4 is 10.5 Å². The highest BCUT2D eigenvalue weighted by atomic mass is 19.4. The number of ether oxygens (including phenoxy) is 2. The normalized spacial score (nSPS) is 12.4. The van der Waals surface area contributed by atoms with Crippen LogP contribution in [0, 0.1) is 0 Å². The third-order valence-electron chi connectivity index (χ3n) is 4.32. The van der Waals surface area contributed by atoms with Gasteiger partial charge in [-0.15, -0.1) is 0 Å². The zero-order valence-corrected chi connectivity index (χ0v) is 16.0. The first-order chi connectivity index (χ1) is 14.3. The molecule has 2 aromatic carbocycles. The van der Waals surface area contributed by atoms with Crippen LogP contribution in [0.1, 0.15) is 22.5 Å². The highest BCUT2D eigenvalue weighted by Gasteiger charge is 2.35. The molecule has 0 aliphatic rings. The molecule has 0 amide bonds. The van der Waals surface area contributed by atoms with E-state index in [1.165, 1.54) is 18.5 Å². The van der Waals surface area contributed by atoms with Gasteiger partial charge in [0.05, 0.1) is 18.9 Å². The van der Waals surface area contributed by atoms with Gasteiger partial charge in [0.1, 0.15) is 23.3 Å². The first-order valence-electron chi connectivity index (χ1n) is 8.94. The van der Waals surface area contributed by atoms with Crippen LogP contribution in [-0.4, -0.2) is 24.1 Å². The number of alkyl halides is 3. The second kappa shape index (κ2) is 9.00. The summed E-state index contributed by atoms with van der Waals surface area (Å²) in [5.74, 6) is -0.125. The Hall–Kier alpha value is -3.33. The number of oxazole rings is 1. The highest BCUT2D eigenvalue weighted by Crippen LogP contribution is 2.39. The van der Waals surface area contributed by atoms with Gasteiger partial charge in [0.15, 0.2) is 6.39 Å². The lowest BCUT2D eigenvalue weighted by atomic mass is 10.0. The molecule has 1 atom stereocenters. The van der Waals surface area contributed by atoms with E-state index in [1.807, 2.05) is 0 Å². The molecule has 1 heterocycles. The maximum Gasteiger partial charge on any atom is 0.419 e. The van der Waals surface area contributed by atoms with Crippen LogP contribution >= 0.6 is 0 Å². The highest BCUT2D eigenvalue weighted by molar-refractivity contribution is 5.75. The molecule has 0 fully saturated rings. The number of halogens is 3. The van der Waals surface area contributed by atoms with Crippen LogP contribution in [0.15, 0.2) is 59.5 Å². The molecule has 0 bridgehead atoms. The number of aromatic nitrogens is 1. The van der Waals surface area contributed by atoms with Crippen molar-refractivity contribution in [2.75, 3.05) is 7.11 Å². The van der Waals surface area contributed by atoms with Crippen LogP contribution in [0.5, 0.6) is 11.5 Å². The Morgan fingerprint density at radius 3 is 2.47 bits per heavy atom. The van der Waals surface area contributed by atoms with E-state index in [4.69, 9.17) is 14.9 Å². The topological polar surface area (TPSA) is 87.6 Å². The molecular weight excluding hydrogens is 401 g/mol. The second-order valence-corrected chi connectivity index (χ2v) is 6.55. The van der Waals surface area contributed by atoms with Crippen molar-refractivity contribution in [1.82, 2.24) is 4.98 Å². The molecule has 9 heteroatoms. The summed E-state index contributed by atoms with van der Waals surface area (Å²) < 4.78 is 55.8. The SMILES string of the molecule is COC(=O)C(N)Cc1ccc(Oc2ccc(Cc3cnco3)cc2)c(C(F)(F)F)c1. The molecule has 0 saturated carbocycles. The molecule has 0 aliphatic heterocycles. The number of rotatable bonds is 7. The molecule has 0 saturated heterocycles. The number of nitrogens with zero attached hydrogens (tertiary/aromatic N) is 1. The van der Waals surface area contributed by atoms with Crippen LogP contribution in [-0.2, 0) is 28.5 Å². The predicted octanol–water partition coefficient (Wildman–Crippen LogP) is 4.12. The van der Waals surface area contributed by atoms with Crippen molar-refractivity contribution in [3.63, 3.8) is 0 Å². The quantitative estimate of drug-likeness (QED) is 0.579. The van der Waals surface area contributed by atoms with E-state index in [2.05, 4.69) is 9.72 Å². The van der Waals surface area contributed by atoms with E-state index >= 15 is 0 Å². The Bertz CT molecular complexity index is 986. The zero-order chi connectivity index (χ0) is 21.7. The van der Waals surface area contributed by atoms with Crippen molar-refractivity contribution in [2.24, 2.45) is 5.73 Å². The Kier molecular flexibility index (Phi) is 6.41. The number of carbonyl (C=O) groups excluding carboxylic acids is 1. The first-order valence-corrected chi connectivity index (χ1v) is 8.94. The summed E-state index contributed by atoms with van der Waals surface area (Å²) in [5.41, 5.74) is 5.83. The molecule has 3 rings (SSSR count). The molecule has 2 N–H and O–H groups in total. The third-order valence-corrected chi connectivity index (χ3v) is 4.32. The number of nitrogens with two attached hydrogens (primary N) is 1. The predicted molar refractivity (Wildman–Crippen MR) is 101 cm³/mol. The Morgan fingerprint density at radius 1 is 1.17 bits per heavy atom. The fourth-order valence-corrected chi connectivity index (χ4v) is 2.84. The molecule has 158 valence electrons. The molecule has 0 spiro atoms. The van der Waals surface area contributed by atoms with Gasteiger partial charge >= 0.3 is 12.1 Å². The van der Waals surface area contributed by atoms with Crippen molar-refractivity contribution < 1.29 is 31.9 Å². The van der Waals surface area contributed by atoms with E-state index in [0.29, 0.717) is 12.2 Å². The first kappa shape index (κ1) is 21.4. The molecule has 0 radical (unpaired) electrons. The van der Waals surface area contributed by atoms with Crippen molar-refractivity contribution >= 4 is 5.97 Å². The van der Waals surface area contributed by atoms with Crippen LogP contribution in [0.2, 0.25) is 0 Å². The van der Waals surface area contributed by atoms with Crippen LogP contribution in [0.3, 0.4) is 0 Å². The van der Waals surface area contributed by atoms with E-state index < -0.39 is 23.8 Å². The summed E-state index contributed by atoms with van der Waals surface area (Å²) in [7, 11) is 1.16. The number of carbonyl (C=O) groups is 1. The minimum atomic E-state index is -4.65. The van der Waals surface area contributed by atoms with Crippen molar-refractivity contribution in [3.05, 3.63) is 77.5 Å². The van der Waals surface area contributed by atoms with Crippen molar-refractivity contribution in [3.8, 4) is 11.5 Å². The average Bonchev–Trinajstić information content (AvgIpc) is 3.22. The van der Waals surface area contributed by atoms with Gasteiger partial charge in [-0.25, -0.2) is 4.98 Å². The lowest BCUT2D eigenvalue weighted by Gasteiger charge is -2.16. The molecule has 0 aliphatic carbocycles. The van der Waals surface area contributed by atoms with Crippen LogP contribution in [0.4, 0.5) is 13.2 Å².